The monoisotopic (exact) mass is 282 g/mol. The molecule has 0 amide bonds. The first-order valence-corrected chi connectivity index (χ1v) is 6.55. The van der Waals surface area contributed by atoms with Crippen molar-refractivity contribution < 1.29 is 14.4 Å². The van der Waals surface area contributed by atoms with Crippen molar-refractivity contribution in [3.05, 3.63) is 69.8 Å². The predicted octanol–water partition coefficient (Wildman–Crippen LogP) is 3.74. The smallest absolute Gasteiger partial charge is 0.150 e. The number of carbonyl (C=O) groups is 3. The maximum Gasteiger partial charge on any atom is 0.150 e. The van der Waals surface area contributed by atoms with Crippen LogP contribution in [0.1, 0.15) is 47.8 Å². The summed E-state index contributed by atoms with van der Waals surface area (Å²) in [4.78, 5) is 30.9. The first-order valence-electron chi connectivity index (χ1n) is 6.55. The highest BCUT2D eigenvalue weighted by atomic mass is 16.1. The lowest BCUT2D eigenvalue weighted by molar-refractivity contribution is 0.111. The quantitative estimate of drug-likeness (QED) is 0.806. The molecule has 0 aliphatic rings. The third-order valence-corrected chi connectivity index (χ3v) is 3.11. The number of hydrogen-bond donors (Lipinski definition) is 0. The number of aldehydes is 3. The van der Waals surface area contributed by atoms with Crippen molar-refractivity contribution in [2.75, 3.05) is 0 Å². The minimum absolute atomic E-state index is 0.605. The Labute approximate surface area is 124 Å². The van der Waals surface area contributed by atoms with Gasteiger partial charge in [-0.05, 0) is 38.0 Å². The molecule has 0 aliphatic carbocycles. The minimum atomic E-state index is 0.605. The summed E-state index contributed by atoms with van der Waals surface area (Å²) in [7, 11) is 0. The Hall–Kier alpha value is -2.55. The van der Waals surface area contributed by atoms with Crippen LogP contribution < -0.4 is 0 Å². The molecule has 108 valence electrons. The molecule has 0 aliphatic heterocycles. The van der Waals surface area contributed by atoms with E-state index in [9.17, 15) is 14.4 Å². The predicted molar refractivity (Wildman–Crippen MR) is 83.3 cm³/mol. The van der Waals surface area contributed by atoms with Crippen LogP contribution in [0.5, 0.6) is 0 Å². The van der Waals surface area contributed by atoms with Gasteiger partial charge in [0.2, 0.25) is 0 Å². The standard InChI is InChI=1S/C9H8O2.C9H10O/c1-7-4-8(5-10)2-3-9(7)6-11;1-7-3-4-9(6-10)8(2)5-7/h2-6H,1H3;3-6H,1-2H3. The Kier molecular flexibility index (Phi) is 6.21. The lowest BCUT2D eigenvalue weighted by atomic mass is 10.1. The summed E-state index contributed by atoms with van der Waals surface area (Å²) >= 11 is 0. The van der Waals surface area contributed by atoms with Gasteiger partial charge in [0, 0.05) is 16.7 Å². The molecule has 0 fully saturated rings. The zero-order valence-corrected chi connectivity index (χ0v) is 12.4. The molecule has 0 unspecified atom stereocenters. The normalized spacial score (nSPS) is 9.29. The SMILES string of the molecule is Cc1cc(C=O)ccc1C=O.Cc1ccc(C=O)c(C)c1. The molecule has 0 atom stereocenters. The van der Waals surface area contributed by atoms with Gasteiger partial charge in [0.25, 0.3) is 0 Å². The lowest BCUT2D eigenvalue weighted by Crippen LogP contribution is -1.88. The first kappa shape index (κ1) is 16.5. The molecule has 21 heavy (non-hydrogen) atoms. The van der Waals surface area contributed by atoms with E-state index in [4.69, 9.17) is 0 Å². The number of aryl methyl sites for hydroxylation is 3. The maximum absolute atomic E-state index is 10.3. The third kappa shape index (κ3) is 4.80. The Morgan fingerprint density at radius 3 is 1.62 bits per heavy atom. The fourth-order valence-corrected chi connectivity index (χ4v) is 1.86. The molecule has 3 heteroatoms. The summed E-state index contributed by atoms with van der Waals surface area (Å²) in [5.41, 5.74) is 5.11. The van der Waals surface area contributed by atoms with Crippen LogP contribution in [0.25, 0.3) is 0 Å². The van der Waals surface area contributed by atoms with Crippen LogP contribution in [0, 0.1) is 20.8 Å². The zero-order chi connectivity index (χ0) is 15.8. The molecule has 0 spiro atoms. The van der Waals surface area contributed by atoms with E-state index in [-0.39, 0.29) is 0 Å². The molecule has 0 aromatic heterocycles. The fraction of sp³-hybridized carbons (Fsp3) is 0.167. The van der Waals surface area contributed by atoms with Gasteiger partial charge in [-0.3, -0.25) is 14.4 Å². The van der Waals surface area contributed by atoms with E-state index in [1.165, 1.54) is 5.56 Å². The van der Waals surface area contributed by atoms with Gasteiger partial charge in [-0.15, -0.1) is 0 Å². The van der Waals surface area contributed by atoms with Crippen molar-refractivity contribution >= 4 is 18.9 Å². The lowest BCUT2D eigenvalue weighted by Gasteiger charge is -1.97. The van der Waals surface area contributed by atoms with Crippen LogP contribution in [0.2, 0.25) is 0 Å². The van der Waals surface area contributed by atoms with Crippen molar-refractivity contribution in [1.82, 2.24) is 0 Å². The van der Waals surface area contributed by atoms with Crippen molar-refractivity contribution in [2.24, 2.45) is 0 Å². The Morgan fingerprint density at radius 1 is 0.667 bits per heavy atom. The molecule has 2 aromatic carbocycles. The van der Waals surface area contributed by atoms with Crippen LogP contribution in [-0.2, 0) is 0 Å². The second-order valence-electron chi connectivity index (χ2n) is 4.83. The van der Waals surface area contributed by atoms with Gasteiger partial charge >= 0.3 is 0 Å². The van der Waals surface area contributed by atoms with Crippen molar-refractivity contribution in [1.29, 1.82) is 0 Å². The Bertz CT molecular complexity index is 658. The highest BCUT2D eigenvalue weighted by Crippen LogP contribution is 2.07. The topological polar surface area (TPSA) is 51.2 Å². The summed E-state index contributed by atoms with van der Waals surface area (Å²) in [6.07, 6.45) is 2.43. The van der Waals surface area contributed by atoms with Crippen LogP contribution in [0.3, 0.4) is 0 Å². The average molecular weight is 282 g/mol. The van der Waals surface area contributed by atoms with E-state index in [2.05, 4.69) is 0 Å². The number of carbonyl (C=O) groups excluding carboxylic acids is 3. The number of hydrogen-bond acceptors (Lipinski definition) is 3. The Morgan fingerprint density at radius 2 is 1.19 bits per heavy atom. The molecule has 0 N–H and O–H groups in total. The molecule has 0 radical (unpaired) electrons. The Balaban J connectivity index is 0.000000211. The average Bonchev–Trinajstić information content (AvgIpc) is 2.48. The summed E-state index contributed by atoms with van der Waals surface area (Å²) in [5, 5.41) is 0. The molecule has 2 rings (SSSR count). The molecule has 2 aromatic rings. The van der Waals surface area contributed by atoms with E-state index in [0.29, 0.717) is 11.1 Å². The van der Waals surface area contributed by atoms with E-state index < -0.39 is 0 Å². The maximum atomic E-state index is 10.3. The van der Waals surface area contributed by atoms with E-state index >= 15 is 0 Å². The molecule has 0 saturated heterocycles. The van der Waals surface area contributed by atoms with Gasteiger partial charge < -0.3 is 0 Å². The van der Waals surface area contributed by atoms with Crippen molar-refractivity contribution in [2.45, 2.75) is 20.8 Å². The second kappa shape index (κ2) is 7.90. The van der Waals surface area contributed by atoms with Gasteiger partial charge in [-0.25, -0.2) is 0 Å². The summed E-state index contributed by atoms with van der Waals surface area (Å²) in [5.74, 6) is 0. The molecule has 0 saturated carbocycles. The summed E-state index contributed by atoms with van der Waals surface area (Å²) in [6.45, 7) is 5.76. The molecule has 3 nitrogen and oxygen atoms in total. The van der Waals surface area contributed by atoms with Gasteiger partial charge in [0.15, 0.2) is 0 Å². The highest BCUT2D eigenvalue weighted by Gasteiger charge is 1.96. The second-order valence-corrected chi connectivity index (χ2v) is 4.83. The van der Waals surface area contributed by atoms with E-state index in [0.717, 1.165) is 35.5 Å². The molecule has 0 bridgehead atoms. The van der Waals surface area contributed by atoms with Gasteiger partial charge in [-0.1, -0.05) is 35.9 Å². The number of rotatable bonds is 3. The fourth-order valence-electron chi connectivity index (χ4n) is 1.86. The summed E-state index contributed by atoms with van der Waals surface area (Å²) in [6, 6.07) is 10.8. The van der Waals surface area contributed by atoms with Gasteiger partial charge in [-0.2, -0.15) is 0 Å². The number of benzene rings is 2. The molecular formula is C18H18O3. The van der Waals surface area contributed by atoms with Gasteiger partial charge in [0.1, 0.15) is 18.9 Å². The van der Waals surface area contributed by atoms with Gasteiger partial charge in [0.05, 0.1) is 0 Å². The highest BCUT2D eigenvalue weighted by molar-refractivity contribution is 5.81. The first-order chi connectivity index (χ1) is 10.0. The van der Waals surface area contributed by atoms with Crippen molar-refractivity contribution in [3.63, 3.8) is 0 Å². The van der Waals surface area contributed by atoms with Crippen LogP contribution in [-0.4, -0.2) is 18.9 Å². The van der Waals surface area contributed by atoms with E-state index in [1.807, 2.05) is 32.0 Å². The third-order valence-electron chi connectivity index (χ3n) is 3.11. The molecule has 0 heterocycles. The minimum Gasteiger partial charge on any atom is -0.298 e. The van der Waals surface area contributed by atoms with E-state index in [1.54, 1.807) is 25.1 Å². The van der Waals surface area contributed by atoms with Crippen molar-refractivity contribution in [3.8, 4) is 0 Å². The summed E-state index contributed by atoms with van der Waals surface area (Å²) < 4.78 is 0. The van der Waals surface area contributed by atoms with Crippen LogP contribution in [0.15, 0.2) is 36.4 Å². The van der Waals surface area contributed by atoms with Crippen LogP contribution in [0.4, 0.5) is 0 Å². The zero-order valence-electron chi connectivity index (χ0n) is 12.4. The van der Waals surface area contributed by atoms with Crippen LogP contribution >= 0.6 is 0 Å². The molecular weight excluding hydrogens is 264 g/mol. The largest absolute Gasteiger partial charge is 0.298 e.